The molecule has 1 fully saturated rings. The maximum atomic E-state index is 12.0. The molecule has 2 heterocycles. The van der Waals surface area contributed by atoms with Gasteiger partial charge in [-0.2, -0.15) is 0 Å². The zero-order valence-corrected chi connectivity index (χ0v) is 13.2. The zero-order valence-electron chi connectivity index (χ0n) is 12.5. The van der Waals surface area contributed by atoms with E-state index in [1.54, 1.807) is 24.0 Å². The van der Waals surface area contributed by atoms with Crippen LogP contribution in [0.3, 0.4) is 0 Å². The molecule has 0 atom stereocenters. The molecule has 120 valence electrons. The van der Waals surface area contributed by atoms with Gasteiger partial charge in [0.15, 0.2) is 6.54 Å². The summed E-state index contributed by atoms with van der Waals surface area (Å²) in [4.78, 5) is 30.4. The van der Waals surface area contributed by atoms with Crippen molar-refractivity contribution in [3.05, 3.63) is 23.4 Å². The minimum atomic E-state index is -0.281. The molecule has 22 heavy (non-hydrogen) atoms. The van der Waals surface area contributed by atoms with Crippen molar-refractivity contribution in [2.75, 3.05) is 44.6 Å². The molecular formula is C14H20ClN4O3+. The van der Waals surface area contributed by atoms with Gasteiger partial charge in [-0.3, -0.25) is 9.69 Å². The van der Waals surface area contributed by atoms with Crippen molar-refractivity contribution >= 4 is 29.4 Å². The second-order valence-corrected chi connectivity index (χ2v) is 5.46. The highest BCUT2D eigenvalue weighted by atomic mass is 35.5. The number of carbonyl (C=O) groups is 2. The largest absolute Gasteiger partial charge is 0.450 e. The molecule has 0 saturated carbocycles. The predicted octanol–water partition coefficient (Wildman–Crippen LogP) is 0.0305. The number of hydrogen-bond acceptors (Lipinski definition) is 4. The number of aromatic nitrogens is 1. The van der Waals surface area contributed by atoms with Crippen LogP contribution in [0, 0.1) is 0 Å². The summed E-state index contributed by atoms with van der Waals surface area (Å²) >= 11 is 5.74. The molecule has 1 aliphatic heterocycles. The number of nitrogens with zero attached hydrogens (tertiary/aromatic N) is 2. The molecule has 0 radical (unpaired) electrons. The molecule has 0 spiro atoms. The Kier molecular flexibility index (Phi) is 5.97. The summed E-state index contributed by atoms with van der Waals surface area (Å²) in [7, 11) is 0. The number of piperazine rings is 1. The van der Waals surface area contributed by atoms with Crippen LogP contribution < -0.4 is 10.2 Å². The number of rotatable bonds is 4. The first-order chi connectivity index (χ1) is 10.6. The molecule has 1 aliphatic rings. The highest BCUT2D eigenvalue weighted by molar-refractivity contribution is 6.30. The third-order valence-corrected chi connectivity index (χ3v) is 3.63. The highest BCUT2D eigenvalue weighted by Gasteiger charge is 2.25. The van der Waals surface area contributed by atoms with Gasteiger partial charge in [0.25, 0.3) is 5.91 Å². The van der Waals surface area contributed by atoms with E-state index in [-0.39, 0.29) is 12.0 Å². The molecule has 0 aromatic carbocycles. The molecule has 8 heteroatoms. The van der Waals surface area contributed by atoms with E-state index in [1.807, 2.05) is 0 Å². The second-order valence-electron chi connectivity index (χ2n) is 5.02. The molecular weight excluding hydrogens is 308 g/mol. The third kappa shape index (κ3) is 4.85. The summed E-state index contributed by atoms with van der Waals surface area (Å²) in [6.07, 6.45) is 1.21. The van der Waals surface area contributed by atoms with Crippen molar-refractivity contribution in [3.63, 3.8) is 0 Å². The number of hydrogen-bond donors (Lipinski definition) is 2. The Labute approximate surface area is 134 Å². The summed E-state index contributed by atoms with van der Waals surface area (Å²) in [5.74, 6) is 0.383. The van der Waals surface area contributed by atoms with Crippen LogP contribution in [0.1, 0.15) is 6.92 Å². The summed E-state index contributed by atoms with van der Waals surface area (Å²) in [6.45, 7) is 5.15. The molecule has 0 aliphatic carbocycles. The van der Waals surface area contributed by atoms with Crippen molar-refractivity contribution in [3.8, 4) is 0 Å². The average molecular weight is 328 g/mol. The van der Waals surface area contributed by atoms with E-state index < -0.39 is 0 Å². The van der Waals surface area contributed by atoms with E-state index in [0.717, 1.165) is 18.0 Å². The molecule has 1 aromatic heterocycles. The first-order valence-corrected chi connectivity index (χ1v) is 7.63. The number of halogens is 1. The number of nitrogens with one attached hydrogen (secondary N) is 2. The van der Waals surface area contributed by atoms with Crippen LogP contribution >= 0.6 is 11.6 Å². The van der Waals surface area contributed by atoms with E-state index in [0.29, 0.717) is 37.1 Å². The van der Waals surface area contributed by atoms with Gasteiger partial charge in [-0.25, -0.2) is 9.78 Å². The first-order valence-electron chi connectivity index (χ1n) is 7.25. The molecule has 2 rings (SSSR count). The lowest BCUT2D eigenvalue weighted by Gasteiger charge is -2.31. The van der Waals surface area contributed by atoms with Gasteiger partial charge in [0.1, 0.15) is 5.82 Å². The summed E-state index contributed by atoms with van der Waals surface area (Å²) in [5, 5.41) is 3.26. The van der Waals surface area contributed by atoms with Gasteiger partial charge in [0.2, 0.25) is 0 Å². The van der Waals surface area contributed by atoms with Crippen LogP contribution in [0.4, 0.5) is 10.6 Å². The fourth-order valence-corrected chi connectivity index (χ4v) is 2.37. The maximum absolute atomic E-state index is 12.0. The topological polar surface area (TPSA) is 76.0 Å². The van der Waals surface area contributed by atoms with E-state index in [1.165, 1.54) is 6.20 Å². The molecule has 7 nitrogen and oxygen atoms in total. The molecule has 1 saturated heterocycles. The SMILES string of the molecule is CCOC(=O)N1CC[NH+](CC(=O)Nc2ccc(Cl)cn2)CC1. The lowest BCUT2D eigenvalue weighted by molar-refractivity contribution is -0.895. The molecule has 2 amide bonds. The smallest absolute Gasteiger partial charge is 0.410 e. The second kappa shape index (κ2) is 7.95. The maximum Gasteiger partial charge on any atom is 0.410 e. The normalized spacial score (nSPS) is 15.5. The number of quaternary nitrogens is 1. The Bertz CT molecular complexity index is 515. The summed E-state index contributed by atoms with van der Waals surface area (Å²) < 4.78 is 4.97. The molecule has 2 N–H and O–H groups in total. The zero-order chi connectivity index (χ0) is 15.9. The van der Waals surface area contributed by atoms with Gasteiger partial charge in [-0.05, 0) is 19.1 Å². The Hall–Kier alpha value is -1.86. The van der Waals surface area contributed by atoms with Crippen LogP contribution in [-0.4, -0.2) is 61.2 Å². The molecule has 1 aromatic rings. The predicted molar refractivity (Wildman–Crippen MR) is 82.0 cm³/mol. The van der Waals surface area contributed by atoms with Crippen LogP contribution in [-0.2, 0) is 9.53 Å². The Balaban J connectivity index is 1.74. The van der Waals surface area contributed by atoms with Crippen molar-refractivity contribution in [2.45, 2.75) is 6.92 Å². The summed E-state index contributed by atoms with van der Waals surface area (Å²) in [5.41, 5.74) is 0. The summed E-state index contributed by atoms with van der Waals surface area (Å²) in [6, 6.07) is 3.34. The Morgan fingerprint density at radius 1 is 1.41 bits per heavy atom. The van der Waals surface area contributed by atoms with E-state index in [4.69, 9.17) is 16.3 Å². The number of carbonyl (C=O) groups excluding carboxylic acids is 2. The minimum absolute atomic E-state index is 0.102. The monoisotopic (exact) mass is 327 g/mol. The van der Waals surface area contributed by atoms with Gasteiger partial charge >= 0.3 is 6.09 Å². The Morgan fingerprint density at radius 3 is 2.73 bits per heavy atom. The fourth-order valence-electron chi connectivity index (χ4n) is 2.26. The minimum Gasteiger partial charge on any atom is -0.450 e. The quantitative estimate of drug-likeness (QED) is 0.818. The van der Waals surface area contributed by atoms with Gasteiger partial charge in [-0.1, -0.05) is 11.6 Å². The number of anilines is 1. The van der Waals surface area contributed by atoms with Crippen molar-refractivity contribution < 1.29 is 19.2 Å². The van der Waals surface area contributed by atoms with Crippen LogP contribution in [0.15, 0.2) is 18.3 Å². The molecule has 0 bridgehead atoms. The van der Waals surface area contributed by atoms with Crippen LogP contribution in [0.2, 0.25) is 5.02 Å². The first kappa shape index (κ1) is 16.5. The number of amides is 2. The van der Waals surface area contributed by atoms with Crippen molar-refractivity contribution in [1.82, 2.24) is 9.88 Å². The molecule has 0 unspecified atom stereocenters. The van der Waals surface area contributed by atoms with Crippen LogP contribution in [0.25, 0.3) is 0 Å². The highest BCUT2D eigenvalue weighted by Crippen LogP contribution is 2.08. The van der Waals surface area contributed by atoms with E-state index in [9.17, 15) is 9.59 Å². The lowest BCUT2D eigenvalue weighted by Crippen LogP contribution is -3.15. The fraction of sp³-hybridized carbons (Fsp3) is 0.500. The van der Waals surface area contributed by atoms with Gasteiger partial charge in [-0.15, -0.1) is 0 Å². The standard InChI is InChI=1S/C14H19ClN4O3/c1-2-22-14(21)19-7-5-18(6-8-19)10-13(20)17-12-4-3-11(15)9-16-12/h3-4,9H,2,5-8,10H2,1H3,(H,16,17,20)/p+1. The Morgan fingerprint density at radius 2 is 2.14 bits per heavy atom. The van der Waals surface area contributed by atoms with E-state index in [2.05, 4.69) is 10.3 Å². The third-order valence-electron chi connectivity index (χ3n) is 3.40. The van der Waals surface area contributed by atoms with E-state index >= 15 is 0 Å². The average Bonchev–Trinajstić information content (AvgIpc) is 2.50. The van der Waals surface area contributed by atoms with Crippen molar-refractivity contribution in [2.24, 2.45) is 0 Å². The van der Waals surface area contributed by atoms with Gasteiger partial charge in [0.05, 0.1) is 37.8 Å². The lowest BCUT2D eigenvalue weighted by atomic mass is 10.3. The number of ether oxygens (including phenoxy) is 1. The van der Waals surface area contributed by atoms with Gasteiger partial charge < -0.3 is 15.0 Å². The van der Waals surface area contributed by atoms with Gasteiger partial charge in [0, 0.05) is 6.20 Å². The van der Waals surface area contributed by atoms with Crippen LogP contribution in [0.5, 0.6) is 0 Å². The van der Waals surface area contributed by atoms with Crippen molar-refractivity contribution in [1.29, 1.82) is 0 Å². The number of pyridine rings is 1.